The number of carbonyl (C=O) groups is 1. The number of hydrogen-bond acceptors (Lipinski definition) is 3. The van der Waals surface area contributed by atoms with E-state index in [4.69, 9.17) is 22.7 Å². The topological polar surface area (TPSA) is 55.6 Å². The number of carbonyl (C=O) groups excluding carboxylic acids is 1. The molecule has 0 aromatic carbocycles. The first-order valence-electron chi connectivity index (χ1n) is 5.57. The number of nitrogens with zero attached hydrogens (tertiary/aromatic N) is 1. The smallest absolute Gasteiger partial charge is 0.410 e. The van der Waals surface area contributed by atoms with Crippen molar-refractivity contribution in [3.05, 3.63) is 0 Å². The van der Waals surface area contributed by atoms with Crippen LogP contribution in [-0.4, -0.2) is 34.2 Å². The lowest BCUT2D eigenvalue weighted by molar-refractivity contribution is 0.0231. The van der Waals surface area contributed by atoms with Gasteiger partial charge < -0.3 is 15.4 Å². The summed E-state index contributed by atoms with van der Waals surface area (Å²) in [5.41, 5.74) is 5.06. The average Bonchev–Trinajstić information content (AvgIpc) is 2.47. The molecule has 1 atom stereocenters. The van der Waals surface area contributed by atoms with E-state index in [0.29, 0.717) is 11.4 Å². The SMILES string of the molecule is CC(C)(C)OC(=O)N1CCCC1CC(N)=S. The molecular weight excluding hydrogens is 224 g/mol. The van der Waals surface area contributed by atoms with Gasteiger partial charge in [0.2, 0.25) is 0 Å². The fourth-order valence-electron chi connectivity index (χ4n) is 1.84. The third-order valence-electron chi connectivity index (χ3n) is 2.44. The van der Waals surface area contributed by atoms with Gasteiger partial charge >= 0.3 is 6.09 Å². The number of nitrogens with two attached hydrogens (primary N) is 1. The number of rotatable bonds is 2. The third kappa shape index (κ3) is 3.96. The van der Waals surface area contributed by atoms with Gasteiger partial charge in [0.1, 0.15) is 5.60 Å². The second kappa shape index (κ2) is 4.99. The molecule has 0 aromatic rings. The lowest BCUT2D eigenvalue weighted by atomic mass is 10.1. The zero-order valence-corrected chi connectivity index (χ0v) is 11.0. The van der Waals surface area contributed by atoms with Crippen LogP contribution in [0.5, 0.6) is 0 Å². The predicted octanol–water partition coefficient (Wildman–Crippen LogP) is 2.06. The van der Waals surface area contributed by atoms with Crippen LogP contribution in [-0.2, 0) is 4.74 Å². The number of thiocarbonyl (C=S) groups is 1. The molecule has 0 aliphatic carbocycles. The van der Waals surface area contributed by atoms with Crippen LogP contribution in [0.3, 0.4) is 0 Å². The monoisotopic (exact) mass is 244 g/mol. The Hall–Kier alpha value is -0.840. The van der Waals surface area contributed by atoms with E-state index >= 15 is 0 Å². The van der Waals surface area contributed by atoms with Crippen LogP contribution in [0.1, 0.15) is 40.0 Å². The van der Waals surface area contributed by atoms with E-state index in [0.717, 1.165) is 19.4 Å². The first kappa shape index (κ1) is 13.2. The molecule has 0 radical (unpaired) electrons. The van der Waals surface area contributed by atoms with Crippen LogP contribution in [0.25, 0.3) is 0 Å². The van der Waals surface area contributed by atoms with Crippen LogP contribution in [0, 0.1) is 0 Å². The summed E-state index contributed by atoms with van der Waals surface area (Å²) in [5.74, 6) is 0. The molecule has 1 aliphatic heterocycles. The Bertz CT molecular complexity index is 286. The van der Waals surface area contributed by atoms with Gasteiger partial charge in [-0.05, 0) is 33.6 Å². The molecule has 1 fully saturated rings. The van der Waals surface area contributed by atoms with Gasteiger partial charge in [0.15, 0.2) is 0 Å². The van der Waals surface area contributed by atoms with Gasteiger partial charge in [0, 0.05) is 19.0 Å². The normalized spacial score (nSPS) is 20.9. The zero-order chi connectivity index (χ0) is 12.3. The van der Waals surface area contributed by atoms with Crippen molar-refractivity contribution in [1.82, 2.24) is 4.90 Å². The maximum Gasteiger partial charge on any atom is 0.410 e. The zero-order valence-electron chi connectivity index (χ0n) is 10.2. The van der Waals surface area contributed by atoms with Crippen molar-refractivity contribution >= 4 is 23.3 Å². The maximum absolute atomic E-state index is 11.9. The minimum atomic E-state index is -0.451. The fraction of sp³-hybridized carbons (Fsp3) is 0.818. The van der Waals surface area contributed by atoms with E-state index in [9.17, 15) is 4.79 Å². The van der Waals surface area contributed by atoms with Crippen molar-refractivity contribution < 1.29 is 9.53 Å². The molecule has 0 aromatic heterocycles. The highest BCUT2D eigenvalue weighted by molar-refractivity contribution is 7.80. The summed E-state index contributed by atoms with van der Waals surface area (Å²) in [6.45, 7) is 6.33. The van der Waals surface area contributed by atoms with E-state index < -0.39 is 5.60 Å². The van der Waals surface area contributed by atoms with Crippen LogP contribution in [0.4, 0.5) is 4.79 Å². The molecule has 1 unspecified atom stereocenters. The van der Waals surface area contributed by atoms with E-state index in [2.05, 4.69) is 0 Å². The predicted molar refractivity (Wildman–Crippen MR) is 67.4 cm³/mol. The first-order valence-corrected chi connectivity index (χ1v) is 5.98. The van der Waals surface area contributed by atoms with Gasteiger partial charge in [-0.25, -0.2) is 4.79 Å². The average molecular weight is 244 g/mol. The van der Waals surface area contributed by atoms with E-state index in [-0.39, 0.29) is 12.1 Å². The van der Waals surface area contributed by atoms with Crippen molar-refractivity contribution in [1.29, 1.82) is 0 Å². The van der Waals surface area contributed by atoms with Crippen molar-refractivity contribution in [2.45, 2.75) is 51.7 Å². The van der Waals surface area contributed by atoms with Gasteiger partial charge in [-0.2, -0.15) is 0 Å². The number of hydrogen-bond donors (Lipinski definition) is 1. The van der Waals surface area contributed by atoms with E-state index in [1.165, 1.54) is 0 Å². The summed E-state index contributed by atoms with van der Waals surface area (Å²) in [6.07, 6.45) is 2.28. The molecule has 4 nitrogen and oxygen atoms in total. The van der Waals surface area contributed by atoms with Crippen LogP contribution >= 0.6 is 12.2 Å². The largest absolute Gasteiger partial charge is 0.444 e. The summed E-state index contributed by atoms with van der Waals surface area (Å²) >= 11 is 4.88. The van der Waals surface area contributed by atoms with Crippen LogP contribution in [0.15, 0.2) is 0 Å². The van der Waals surface area contributed by atoms with Crippen molar-refractivity contribution in [2.75, 3.05) is 6.54 Å². The molecule has 1 aliphatic rings. The molecule has 1 heterocycles. The lowest BCUT2D eigenvalue weighted by Crippen LogP contribution is -2.41. The highest BCUT2D eigenvalue weighted by Crippen LogP contribution is 2.22. The van der Waals surface area contributed by atoms with E-state index in [1.807, 2.05) is 20.8 Å². The molecular formula is C11H20N2O2S. The van der Waals surface area contributed by atoms with Crippen LogP contribution < -0.4 is 5.73 Å². The van der Waals surface area contributed by atoms with Gasteiger partial charge in [0.25, 0.3) is 0 Å². The first-order chi connectivity index (χ1) is 7.29. The Morgan fingerprint density at radius 2 is 2.19 bits per heavy atom. The minimum Gasteiger partial charge on any atom is -0.444 e. The number of ether oxygens (including phenoxy) is 1. The van der Waals surface area contributed by atoms with Gasteiger partial charge in [-0.15, -0.1) is 0 Å². The summed E-state index contributed by atoms with van der Waals surface area (Å²) < 4.78 is 5.34. The second-order valence-electron chi connectivity index (χ2n) is 5.14. The summed E-state index contributed by atoms with van der Waals surface area (Å²) in [5, 5.41) is 0. The Morgan fingerprint density at radius 1 is 1.56 bits per heavy atom. The van der Waals surface area contributed by atoms with E-state index in [1.54, 1.807) is 4.90 Å². The quantitative estimate of drug-likeness (QED) is 0.755. The Kier molecular flexibility index (Phi) is 4.13. The summed E-state index contributed by atoms with van der Waals surface area (Å²) in [7, 11) is 0. The summed E-state index contributed by atoms with van der Waals surface area (Å²) in [6, 6.07) is 0.118. The second-order valence-corrected chi connectivity index (χ2v) is 5.66. The molecule has 2 N–H and O–H groups in total. The Labute approximate surface area is 102 Å². The summed E-state index contributed by atoms with van der Waals surface area (Å²) in [4.78, 5) is 14.1. The molecule has 5 heteroatoms. The fourth-order valence-corrected chi connectivity index (χ4v) is 2.03. The standard InChI is InChI=1S/C11H20N2O2S/c1-11(2,3)15-10(14)13-6-4-5-8(13)7-9(12)16/h8H,4-7H2,1-3H3,(H2,12,16). The van der Waals surface area contributed by atoms with Crippen molar-refractivity contribution in [3.8, 4) is 0 Å². The third-order valence-corrected chi connectivity index (χ3v) is 2.61. The molecule has 92 valence electrons. The van der Waals surface area contributed by atoms with Gasteiger partial charge in [-0.3, -0.25) is 0 Å². The Morgan fingerprint density at radius 3 is 2.69 bits per heavy atom. The van der Waals surface area contributed by atoms with Gasteiger partial charge in [0.05, 0.1) is 4.99 Å². The van der Waals surface area contributed by atoms with Crippen LogP contribution in [0.2, 0.25) is 0 Å². The highest BCUT2D eigenvalue weighted by Gasteiger charge is 2.32. The molecule has 1 amide bonds. The van der Waals surface area contributed by atoms with Crippen molar-refractivity contribution in [3.63, 3.8) is 0 Å². The molecule has 0 spiro atoms. The molecule has 1 saturated heterocycles. The maximum atomic E-state index is 11.9. The van der Waals surface area contributed by atoms with Gasteiger partial charge in [-0.1, -0.05) is 12.2 Å². The molecule has 16 heavy (non-hydrogen) atoms. The molecule has 1 rings (SSSR count). The number of likely N-dealkylation sites (tertiary alicyclic amines) is 1. The minimum absolute atomic E-state index is 0.118. The Balaban J connectivity index is 2.57. The van der Waals surface area contributed by atoms with Crippen molar-refractivity contribution in [2.24, 2.45) is 5.73 Å². The highest BCUT2D eigenvalue weighted by atomic mass is 32.1. The lowest BCUT2D eigenvalue weighted by Gasteiger charge is -2.28. The number of amides is 1. The molecule has 0 bridgehead atoms. The molecule has 0 saturated carbocycles.